The first kappa shape index (κ1) is 14.2. The largest absolute Gasteiger partial charge is 0.349 e. The number of unbranched alkanes of at least 4 members (excludes halogenated alkanes) is 1. The Labute approximate surface area is 116 Å². The summed E-state index contributed by atoms with van der Waals surface area (Å²) in [7, 11) is 0. The van der Waals surface area contributed by atoms with Crippen LogP contribution in [-0.2, 0) is 0 Å². The smallest absolute Gasteiger partial charge is 0.290 e. The zero-order valence-corrected chi connectivity index (χ0v) is 11.6. The van der Waals surface area contributed by atoms with E-state index >= 15 is 0 Å². The Kier molecular flexibility index (Phi) is 4.45. The Bertz CT molecular complexity index is 592. The molecule has 1 heterocycles. The molecule has 0 atom stereocenters. The molecule has 0 radical (unpaired) electrons. The van der Waals surface area contributed by atoms with Crippen molar-refractivity contribution in [2.24, 2.45) is 0 Å². The maximum atomic E-state index is 12.9. The summed E-state index contributed by atoms with van der Waals surface area (Å²) < 4.78 is 14.4. The van der Waals surface area contributed by atoms with Crippen molar-refractivity contribution >= 4 is 5.91 Å². The maximum Gasteiger partial charge on any atom is 0.290 e. The van der Waals surface area contributed by atoms with Gasteiger partial charge in [0.1, 0.15) is 11.6 Å². The minimum atomic E-state index is -0.316. The van der Waals surface area contributed by atoms with E-state index in [0.717, 1.165) is 12.8 Å². The third-order valence-corrected chi connectivity index (χ3v) is 2.86. The van der Waals surface area contributed by atoms with E-state index in [-0.39, 0.29) is 17.5 Å². The second-order valence-electron chi connectivity index (χ2n) is 4.48. The van der Waals surface area contributed by atoms with Gasteiger partial charge >= 0.3 is 0 Å². The molecule has 0 unspecified atom stereocenters. The van der Waals surface area contributed by atoms with Gasteiger partial charge in [0.25, 0.3) is 5.91 Å². The summed E-state index contributed by atoms with van der Waals surface area (Å²) in [6.07, 6.45) is 1.93. The predicted molar refractivity (Wildman–Crippen MR) is 73.3 cm³/mol. The Balaban J connectivity index is 2.17. The Morgan fingerprint density at radius 1 is 1.35 bits per heavy atom. The first-order chi connectivity index (χ1) is 9.61. The highest BCUT2D eigenvalue weighted by atomic mass is 19.1. The second-order valence-corrected chi connectivity index (χ2v) is 4.48. The van der Waals surface area contributed by atoms with Crippen LogP contribution in [0.5, 0.6) is 0 Å². The van der Waals surface area contributed by atoms with Crippen LogP contribution in [-0.4, -0.2) is 27.2 Å². The standard InChI is InChI=1S/C14H17FN4O/c1-3-4-9-16-14(20)13-17-10(2)19(18-13)12-7-5-11(15)6-8-12/h5-8H,3-4,9H2,1-2H3,(H,16,20). The van der Waals surface area contributed by atoms with Crippen LogP contribution in [0.25, 0.3) is 5.69 Å². The predicted octanol–water partition coefficient (Wildman–Crippen LogP) is 2.24. The molecule has 2 aromatic rings. The second kappa shape index (κ2) is 6.27. The molecule has 1 aromatic carbocycles. The lowest BCUT2D eigenvalue weighted by Gasteiger charge is -2.02. The molecule has 0 spiro atoms. The van der Waals surface area contributed by atoms with E-state index in [0.29, 0.717) is 18.1 Å². The van der Waals surface area contributed by atoms with Crippen molar-refractivity contribution < 1.29 is 9.18 Å². The molecule has 1 amide bonds. The Hall–Kier alpha value is -2.24. The molecule has 0 aliphatic carbocycles. The summed E-state index contributed by atoms with van der Waals surface area (Å²) >= 11 is 0. The van der Waals surface area contributed by atoms with Crippen molar-refractivity contribution in [3.8, 4) is 5.69 Å². The summed E-state index contributed by atoms with van der Waals surface area (Å²) in [6.45, 7) is 4.41. The van der Waals surface area contributed by atoms with Gasteiger partial charge in [0.2, 0.25) is 5.82 Å². The number of nitrogens with one attached hydrogen (secondary N) is 1. The number of carbonyl (C=O) groups is 1. The van der Waals surface area contributed by atoms with Gasteiger partial charge in [0.05, 0.1) is 5.69 Å². The van der Waals surface area contributed by atoms with Gasteiger partial charge in [0.15, 0.2) is 0 Å². The summed E-state index contributed by atoms with van der Waals surface area (Å²) in [5.41, 5.74) is 0.670. The number of nitrogens with zero attached hydrogens (tertiary/aromatic N) is 3. The minimum absolute atomic E-state index is 0.128. The van der Waals surface area contributed by atoms with E-state index in [1.165, 1.54) is 16.8 Å². The molecular weight excluding hydrogens is 259 g/mol. The number of aryl methyl sites for hydroxylation is 1. The molecule has 20 heavy (non-hydrogen) atoms. The molecule has 1 aromatic heterocycles. The molecule has 5 nitrogen and oxygen atoms in total. The van der Waals surface area contributed by atoms with E-state index in [1.54, 1.807) is 19.1 Å². The number of benzene rings is 1. The summed E-state index contributed by atoms with van der Waals surface area (Å²) in [5.74, 6) is 0.103. The third kappa shape index (κ3) is 3.20. The molecule has 0 fully saturated rings. The number of rotatable bonds is 5. The Morgan fingerprint density at radius 3 is 2.70 bits per heavy atom. The molecule has 0 saturated carbocycles. The Morgan fingerprint density at radius 2 is 2.05 bits per heavy atom. The van der Waals surface area contributed by atoms with E-state index < -0.39 is 0 Å². The molecule has 0 aliphatic rings. The number of halogens is 1. The first-order valence-electron chi connectivity index (χ1n) is 6.59. The molecule has 0 bridgehead atoms. The van der Waals surface area contributed by atoms with Crippen LogP contribution in [0.15, 0.2) is 24.3 Å². The average Bonchev–Trinajstić information content (AvgIpc) is 2.82. The van der Waals surface area contributed by atoms with Crippen molar-refractivity contribution in [1.82, 2.24) is 20.1 Å². The lowest BCUT2D eigenvalue weighted by Crippen LogP contribution is -2.25. The number of carbonyl (C=O) groups excluding carboxylic acids is 1. The number of hydrogen-bond acceptors (Lipinski definition) is 3. The maximum absolute atomic E-state index is 12.9. The summed E-state index contributed by atoms with van der Waals surface area (Å²) in [4.78, 5) is 16.0. The topological polar surface area (TPSA) is 59.8 Å². The normalized spacial score (nSPS) is 10.6. The lowest BCUT2D eigenvalue weighted by molar-refractivity contribution is 0.0943. The van der Waals surface area contributed by atoms with Crippen LogP contribution in [0.2, 0.25) is 0 Å². The highest BCUT2D eigenvalue weighted by Crippen LogP contribution is 2.10. The highest BCUT2D eigenvalue weighted by Gasteiger charge is 2.14. The fourth-order valence-corrected chi connectivity index (χ4v) is 1.77. The lowest BCUT2D eigenvalue weighted by atomic mass is 10.3. The number of amides is 1. The van der Waals surface area contributed by atoms with Crippen molar-refractivity contribution in [2.45, 2.75) is 26.7 Å². The van der Waals surface area contributed by atoms with Crippen molar-refractivity contribution in [3.05, 3.63) is 41.7 Å². The summed E-state index contributed by atoms with van der Waals surface area (Å²) in [6, 6.07) is 5.88. The van der Waals surface area contributed by atoms with Crippen LogP contribution in [0.1, 0.15) is 36.2 Å². The van der Waals surface area contributed by atoms with Crippen molar-refractivity contribution in [3.63, 3.8) is 0 Å². The highest BCUT2D eigenvalue weighted by molar-refractivity contribution is 5.90. The first-order valence-corrected chi connectivity index (χ1v) is 6.59. The number of aromatic nitrogens is 3. The van der Waals surface area contributed by atoms with Gasteiger partial charge in [-0.1, -0.05) is 13.3 Å². The number of hydrogen-bond donors (Lipinski definition) is 1. The van der Waals surface area contributed by atoms with Gasteiger partial charge in [0, 0.05) is 6.54 Å². The molecular formula is C14H17FN4O. The van der Waals surface area contributed by atoms with E-state index in [1.807, 2.05) is 0 Å². The minimum Gasteiger partial charge on any atom is -0.349 e. The average molecular weight is 276 g/mol. The van der Waals surface area contributed by atoms with Gasteiger partial charge < -0.3 is 5.32 Å². The molecule has 106 valence electrons. The van der Waals surface area contributed by atoms with Gasteiger partial charge in [-0.15, -0.1) is 5.10 Å². The van der Waals surface area contributed by atoms with Gasteiger partial charge in [-0.05, 0) is 37.6 Å². The van der Waals surface area contributed by atoms with E-state index in [2.05, 4.69) is 22.3 Å². The van der Waals surface area contributed by atoms with Crippen LogP contribution < -0.4 is 5.32 Å². The molecule has 0 aliphatic heterocycles. The van der Waals surface area contributed by atoms with Gasteiger partial charge in [-0.25, -0.2) is 14.1 Å². The van der Waals surface area contributed by atoms with Crippen LogP contribution in [0.3, 0.4) is 0 Å². The molecule has 0 saturated heterocycles. The van der Waals surface area contributed by atoms with Gasteiger partial charge in [-0.3, -0.25) is 4.79 Å². The van der Waals surface area contributed by atoms with E-state index in [9.17, 15) is 9.18 Å². The van der Waals surface area contributed by atoms with Crippen molar-refractivity contribution in [1.29, 1.82) is 0 Å². The zero-order valence-electron chi connectivity index (χ0n) is 11.6. The van der Waals surface area contributed by atoms with Gasteiger partial charge in [-0.2, -0.15) is 0 Å². The summed E-state index contributed by atoms with van der Waals surface area (Å²) in [5, 5.41) is 6.92. The fraction of sp³-hybridized carbons (Fsp3) is 0.357. The van der Waals surface area contributed by atoms with Crippen LogP contribution in [0.4, 0.5) is 4.39 Å². The van der Waals surface area contributed by atoms with Crippen LogP contribution in [0, 0.1) is 12.7 Å². The quantitative estimate of drug-likeness (QED) is 0.852. The van der Waals surface area contributed by atoms with E-state index in [4.69, 9.17) is 0 Å². The van der Waals surface area contributed by atoms with Crippen molar-refractivity contribution in [2.75, 3.05) is 6.54 Å². The monoisotopic (exact) mass is 276 g/mol. The molecule has 2 rings (SSSR count). The third-order valence-electron chi connectivity index (χ3n) is 2.86. The zero-order chi connectivity index (χ0) is 14.5. The molecule has 1 N–H and O–H groups in total. The van der Waals surface area contributed by atoms with Crippen LogP contribution >= 0.6 is 0 Å². The SMILES string of the molecule is CCCCNC(=O)c1nc(C)n(-c2ccc(F)cc2)n1. The molecule has 6 heteroatoms. The fourth-order valence-electron chi connectivity index (χ4n) is 1.77.